The number of Topliss-reactive ketones (excluding diaryl/α,β-unsaturated/α-hetero) is 1. The molecule has 2 bridgehead atoms. The Morgan fingerprint density at radius 2 is 1.85 bits per heavy atom. The van der Waals surface area contributed by atoms with Gasteiger partial charge in [-0.05, 0) is 43.1 Å². The number of methoxy groups -OCH3 is 1. The van der Waals surface area contributed by atoms with Crippen molar-refractivity contribution in [3.05, 3.63) is 23.0 Å². The number of ether oxygens (including phenoxy) is 4. The van der Waals surface area contributed by atoms with Crippen molar-refractivity contribution in [3.8, 4) is 0 Å². The SMILES string of the molecule is COC(=O)[C@@]12OC[C@]34C([C@@H](O)[C@@H]1O)[C@@]1(C)CC(=O)C(O)=C(C)C1C[C@H]3OC(=O)[C@H](OC(=O)/C=C(\C)C(C)C)[C@@H]24. The van der Waals surface area contributed by atoms with E-state index in [0.717, 1.165) is 7.11 Å². The third-order valence-electron chi connectivity index (χ3n) is 10.3. The van der Waals surface area contributed by atoms with Crippen LogP contribution in [0.4, 0.5) is 0 Å². The summed E-state index contributed by atoms with van der Waals surface area (Å²) in [6, 6.07) is 0. The number of aliphatic hydroxyl groups excluding tert-OH is 3. The maximum Gasteiger partial charge on any atom is 0.348 e. The van der Waals surface area contributed by atoms with Gasteiger partial charge in [0.1, 0.15) is 12.2 Å². The molecule has 5 rings (SSSR count). The average molecular weight is 549 g/mol. The molecule has 0 aromatic carbocycles. The third-order valence-corrected chi connectivity index (χ3v) is 10.3. The summed E-state index contributed by atoms with van der Waals surface area (Å²) in [6.45, 7) is 8.72. The van der Waals surface area contributed by atoms with Crippen molar-refractivity contribution < 1.29 is 53.4 Å². The van der Waals surface area contributed by atoms with Crippen LogP contribution in [-0.4, -0.2) is 82.7 Å². The lowest BCUT2D eigenvalue weighted by molar-refractivity contribution is -0.290. The molecule has 3 N–H and O–H groups in total. The van der Waals surface area contributed by atoms with Crippen molar-refractivity contribution in [1.29, 1.82) is 0 Å². The van der Waals surface area contributed by atoms with E-state index in [2.05, 4.69) is 0 Å². The summed E-state index contributed by atoms with van der Waals surface area (Å²) in [5.74, 6) is -6.26. The predicted molar refractivity (Wildman–Crippen MR) is 132 cm³/mol. The molecule has 39 heavy (non-hydrogen) atoms. The first-order chi connectivity index (χ1) is 18.2. The number of carbonyl (C=O) groups is 4. The fourth-order valence-electron chi connectivity index (χ4n) is 8.37. The summed E-state index contributed by atoms with van der Waals surface area (Å²) < 4.78 is 22.7. The first-order valence-corrected chi connectivity index (χ1v) is 13.3. The second-order valence-corrected chi connectivity index (χ2v) is 12.3. The summed E-state index contributed by atoms with van der Waals surface area (Å²) in [7, 11) is 1.10. The van der Waals surface area contributed by atoms with Gasteiger partial charge in [0.15, 0.2) is 11.5 Å². The van der Waals surface area contributed by atoms with Gasteiger partial charge < -0.3 is 34.3 Å². The van der Waals surface area contributed by atoms with Crippen LogP contribution in [0.15, 0.2) is 23.0 Å². The fourth-order valence-corrected chi connectivity index (χ4v) is 8.37. The van der Waals surface area contributed by atoms with E-state index in [9.17, 15) is 34.5 Å². The molecule has 0 aromatic rings. The van der Waals surface area contributed by atoms with E-state index in [4.69, 9.17) is 18.9 Å². The lowest BCUT2D eigenvalue weighted by Gasteiger charge is -2.67. The molecular formula is C28H36O11. The molecule has 2 heterocycles. The normalized spacial score (nSPS) is 44.9. The lowest BCUT2D eigenvalue weighted by atomic mass is 9.38. The van der Waals surface area contributed by atoms with Crippen LogP contribution in [0.5, 0.6) is 0 Å². The lowest BCUT2D eigenvalue weighted by Crippen LogP contribution is -2.79. The van der Waals surface area contributed by atoms with Gasteiger partial charge in [0.2, 0.25) is 11.7 Å². The summed E-state index contributed by atoms with van der Waals surface area (Å²) >= 11 is 0. The van der Waals surface area contributed by atoms with E-state index in [0.29, 0.717) is 11.1 Å². The van der Waals surface area contributed by atoms with Crippen molar-refractivity contribution in [3.63, 3.8) is 0 Å². The van der Waals surface area contributed by atoms with Gasteiger partial charge in [-0.1, -0.05) is 26.3 Å². The van der Waals surface area contributed by atoms with Gasteiger partial charge in [-0.15, -0.1) is 0 Å². The molecule has 214 valence electrons. The van der Waals surface area contributed by atoms with E-state index in [1.54, 1.807) is 20.8 Å². The summed E-state index contributed by atoms with van der Waals surface area (Å²) in [4.78, 5) is 52.8. The summed E-state index contributed by atoms with van der Waals surface area (Å²) in [5, 5.41) is 33.7. The third kappa shape index (κ3) is 3.39. The van der Waals surface area contributed by atoms with Crippen LogP contribution in [0.2, 0.25) is 0 Å². The molecule has 4 fully saturated rings. The minimum Gasteiger partial charge on any atom is -0.504 e. The molecule has 0 amide bonds. The second kappa shape index (κ2) is 8.87. The topological polar surface area (TPSA) is 166 Å². The quantitative estimate of drug-likeness (QED) is 0.262. The Hall–Kier alpha value is -2.76. The van der Waals surface area contributed by atoms with Crippen LogP contribution in [0.25, 0.3) is 0 Å². The molecule has 0 radical (unpaired) electrons. The minimum absolute atomic E-state index is 0.0302. The maximum absolute atomic E-state index is 13.5. The highest BCUT2D eigenvalue weighted by Gasteiger charge is 2.85. The standard InChI is InChI=1S/C28H36O11/c1-11(2)12(3)7-17(30)39-20-22-27-10-37-28(22,25(35)36-6)23(33)19(32)21(27)26(5)9-15(29)18(31)13(4)14(26)8-16(27)38-24(20)34/h7,11,14,16,19-23,31-33H,8-10H2,1-6H3/b12-7+/t14?,16-,19-,20-,21?,22-,23+,26+,27-,28+/m1/s1. The number of hydrogen-bond acceptors (Lipinski definition) is 11. The highest BCUT2D eigenvalue weighted by atomic mass is 16.6. The predicted octanol–water partition coefficient (Wildman–Crippen LogP) is 1.15. The van der Waals surface area contributed by atoms with Gasteiger partial charge in [0, 0.05) is 23.8 Å². The van der Waals surface area contributed by atoms with E-state index in [1.165, 1.54) is 6.08 Å². The molecule has 11 nitrogen and oxygen atoms in total. The Kier molecular flexibility index (Phi) is 6.32. The van der Waals surface area contributed by atoms with Crippen LogP contribution < -0.4 is 0 Å². The second-order valence-electron chi connectivity index (χ2n) is 12.3. The minimum atomic E-state index is -2.22. The highest BCUT2D eigenvalue weighted by molar-refractivity contribution is 5.95. The number of esters is 3. The number of ketones is 1. The molecule has 5 aliphatic rings. The number of carbonyl (C=O) groups excluding carboxylic acids is 4. The van der Waals surface area contributed by atoms with Crippen molar-refractivity contribution in [1.82, 2.24) is 0 Å². The number of rotatable bonds is 4. The van der Waals surface area contributed by atoms with Gasteiger partial charge in [-0.3, -0.25) is 4.79 Å². The van der Waals surface area contributed by atoms with Crippen molar-refractivity contribution in [2.75, 3.05) is 13.7 Å². The average Bonchev–Trinajstić information content (AvgIpc) is 3.18. The first kappa shape index (κ1) is 27.8. The number of aliphatic hydroxyl groups is 3. The number of allylic oxidation sites excluding steroid dienone is 3. The maximum atomic E-state index is 13.5. The molecule has 2 saturated heterocycles. The van der Waals surface area contributed by atoms with Crippen molar-refractivity contribution in [2.24, 2.45) is 34.5 Å². The van der Waals surface area contributed by atoms with Crippen molar-refractivity contribution >= 4 is 23.7 Å². The number of hydrogen-bond donors (Lipinski definition) is 3. The van der Waals surface area contributed by atoms with E-state index in [-0.39, 0.29) is 31.1 Å². The monoisotopic (exact) mass is 548 g/mol. The van der Waals surface area contributed by atoms with Gasteiger partial charge in [-0.2, -0.15) is 0 Å². The first-order valence-electron chi connectivity index (χ1n) is 13.3. The van der Waals surface area contributed by atoms with E-state index >= 15 is 0 Å². The number of fused-ring (bicyclic) bond motifs is 2. The Morgan fingerprint density at radius 1 is 1.18 bits per heavy atom. The molecule has 1 spiro atoms. The Balaban J connectivity index is 1.71. The Morgan fingerprint density at radius 3 is 2.46 bits per heavy atom. The zero-order valence-corrected chi connectivity index (χ0v) is 22.9. The van der Waals surface area contributed by atoms with Crippen molar-refractivity contribution in [2.45, 2.75) is 77.5 Å². The summed E-state index contributed by atoms with van der Waals surface area (Å²) in [5.41, 5.74) is -3.43. The van der Waals surface area contributed by atoms with Gasteiger partial charge in [0.25, 0.3) is 0 Å². The van der Waals surface area contributed by atoms with E-state index in [1.807, 2.05) is 13.8 Å². The smallest absolute Gasteiger partial charge is 0.348 e. The van der Waals surface area contributed by atoms with E-state index < -0.39 is 82.3 Å². The zero-order valence-electron chi connectivity index (χ0n) is 22.9. The highest BCUT2D eigenvalue weighted by Crippen LogP contribution is 2.72. The fraction of sp³-hybridized carbons (Fsp3) is 0.714. The van der Waals surface area contributed by atoms with Crippen LogP contribution in [-0.2, 0) is 38.1 Å². The van der Waals surface area contributed by atoms with Gasteiger partial charge in [0.05, 0.1) is 25.7 Å². The zero-order chi connectivity index (χ0) is 28.8. The largest absolute Gasteiger partial charge is 0.504 e. The van der Waals surface area contributed by atoms with Crippen LogP contribution in [0.1, 0.15) is 47.5 Å². The Bertz CT molecular complexity index is 1200. The summed E-state index contributed by atoms with van der Waals surface area (Å²) in [6.07, 6.45) is -4.75. The molecule has 3 aliphatic carbocycles. The molecule has 2 unspecified atom stereocenters. The Labute approximate surface area is 226 Å². The van der Waals surface area contributed by atoms with Gasteiger partial charge in [-0.25, -0.2) is 14.4 Å². The molecule has 11 heteroatoms. The van der Waals surface area contributed by atoms with Crippen LogP contribution >= 0.6 is 0 Å². The molecule has 0 aromatic heterocycles. The molecular weight excluding hydrogens is 512 g/mol. The van der Waals surface area contributed by atoms with Crippen LogP contribution in [0, 0.1) is 34.5 Å². The van der Waals surface area contributed by atoms with Crippen LogP contribution in [0.3, 0.4) is 0 Å². The molecule has 2 saturated carbocycles. The molecule has 2 aliphatic heterocycles. The molecule has 10 atom stereocenters. The van der Waals surface area contributed by atoms with Gasteiger partial charge >= 0.3 is 17.9 Å².